The number of methoxy groups -OCH3 is 1. The van der Waals surface area contributed by atoms with Gasteiger partial charge in [0, 0.05) is 25.2 Å². The average molecular weight is 345 g/mol. The van der Waals surface area contributed by atoms with Crippen molar-refractivity contribution in [1.82, 2.24) is 14.1 Å². The van der Waals surface area contributed by atoms with Crippen LogP contribution in [0.15, 0.2) is 15.8 Å². The Kier molecular flexibility index (Phi) is 3.85. The lowest BCUT2D eigenvalue weighted by Gasteiger charge is -2.30. The van der Waals surface area contributed by atoms with E-state index in [9.17, 15) is 19.2 Å². The maximum absolute atomic E-state index is 12.9. The third-order valence-electron chi connectivity index (χ3n) is 4.57. The van der Waals surface area contributed by atoms with Crippen molar-refractivity contribution >= 4 is 22.8 Å². The van der Waals surface area contributed by atoms with Gasteiger partial charge in [0.25, 0.3) is 5.56 Å². The van der Waals surface area contributed by atoms with E-state index >= 15 is 0 Å². The summed E-state index contributed by atoms with van der Waals surface area (Å²) in [6.07, 6.45) is 2.31. The van der Waals surface area contributed by atoms with E-state index in [1.807, 2.05) is 13.8 Å². The van der Waals surface area contributed by atoms with Crippen molar-refractivity contribution in [1.29, 1.82) is 0 Å². The molecule has 2 heterocycles. The molecule has 0 N–H and O–H groups in total. The molecule has 0 unspecified atom stereocenters. The number of aromatic nitrogens is 3. The fraction of sp³-hybridized carbons (Fsp3) is 0.471. The van der Waals surface area contributed by atoms with E-state index in [1.54, 1.807) is 0 Å². The van der Waals surface area contributed by atoms with Crippen LogP contribution < -0.4 is 11.2 Å². The number of Topliss-reactive ketones (excluding diaryl/α,β-unsaturated/α-hetero) is 1. The minimum atomic E-state index is -0.701. The zero-order valence-corrected chi connectivity index (χ0v) is 14.6. The summed E-state index contributed by atoms with van der Waals surface area (Å²) in [7, 11) is 2.66. The van der Waals surface area contributed by atoms with E-state index in [1.165, 1.54) is 24.9 Å². The predicted molar refractivity (Wildman–Crippen MR) is 89.7 cm³/mol. The number of esters is 1. The Morgan fingerprint density at radius 1 is 1.28 bits per heavy atom. The van der Waals surface area contributed by atoms with Crippen LogP contribution in [-0.2, 0) is 29.5 Å². The standard InChI is InChI=1S/C17H19N3O5/c1-17(2)5-9-10(11(21)6-17)7-18-14-13(9)15(23)20(8-12(22)25-4)16(24)19(14)3/h7H,5-6,8H2,1-4H3. The monoisotopic (exact) mass is 345 g/mol. The van der Waals surface area contributed by atoms with Crippen molar-refractivity contribution in [2.75, 3.05) is 7.11 Å². The molecule has 0 aromatic carbocycles. The van der Waals surface area contributed by atoms with E-state index < -0.39 is 23.8 Å². The van der Waals surface area contributed by atoms with Crippen LogP contribution in [-0.4, -0.2) is 33.0 Å². The van der Waals surface area contributed by atoms with E-state index in [2.05, 4.69) is 9.72 Å². The number of carbonyl (C=O) groups is 2. The molecule has 0 spiro atoms. The Morgan fingerprint density at radius 3 is 2.60 bits per heavy atom. The Bertz CT molecular complexity index is 1030. The third kappa shape index (κ3) is 2.67. The minimum absolute atomic E-state index is 0.0755. The van der Waals surface area contributed by atoms with Gasteiger partial charge in [-0.2, -0.15) is 0 Å². The highest BCUT2D eigenvalue weighted by Crippen LogP contribution is 2.36. The lowest BCUT2D eigenvalue weighted by atomic mass is 9.73. The summed E-state index contributed by atoms with van der Waals surface area (Å²) < 4.78 is 6.60. The van der Waals surface area contributed by atoms with Crippen molar-refractivity contribution in [3.05, 3.63) is 38.2 Å². The van der Waals surface area contributed by atoms with Gasteiger partial charge in [0.05, 0.1) is 12.5 Å². The van der Waals surface area contributed by atoms with Crippen LogP contribution >= 0.6 is 0 Å². The Morgan fingerprint density at radius 2 is 1.96 bits per heavy atom. The molecule has 0 atom stereocenters. The minimum Gasteiger partial charge on any atom is -0.468 e. The summed E-state index contributed by atoms with van der Waals surface area (Å²) in [5.74, 6) is -0.777. The fourth-order valence-electron chi connectivity index (χ4n) is 3.34. The van der Waals surface area contributed by atoms with Crippen LogP contribution in [0.4, 0.5) is 0 Å². The number of pyridine rings is 1. The number of fused-ring (bicyclic) bond motifs is 3. The zero-order valence-electron chi connectivity index (χ0n) is 14.6. The van der Waals surface area contributed by atoms with Gasteiger partial charge in [0.1, 0.15) is 12.2 Å². The van der Waals surface area contributed by atoms with E-state index in [0.29, 0.717) is 24.0 Å². The molecular formula is C17H19N3O5. The van der Waals surface area contributed by atoms with Crippen molar-refractivity contribution in [3.8, 4) is 0 Å². The Balaban J connectivity index is 2.41. The molecule has 0 saturated heterocycles. The van der Waals surface area contributed by atoms with Gasteiger partial charge in [-0.1, -0.05) is 13.8 Å². The van der Waals surface area contributed by atoms with Crippen molar-refractivity contribution in [2.24, 2.45) is 12.5 Å². The molecule has 0 fully saturated rings. The zero-order chi connectivity index (χ0) is 18.5. The number of rotatable bonds is 2. The first-order valence-corrected chi connectivity index (χ1v) is 7.87. The largest absolute Gasteiger partial charge is 0.468 e. The van der Waals surface area contributed by atoms with Crippen molar-refractivity contribution < 1.29 is 14.3 Å². The molecule has 1 aliphatic carbocycles. The molecule has 1 aliphatic rings. The molecule has 0 saturated carbocycles. The first-order chi connectivity index (χ1) is 11.7. The second-order valence-corrected chi connectivity index (χ2v) is 7.10. The Hall–Kier alpha value is -2.77. The number of ether oxygens (including phenoxy) is 1. The predicted octanol–water partition coefficient (Wildman–Crippen LogP) is 0.423. The summed E-state index contributed by atoms with van der Waals surface area (Å²) in [5.41, 5.74) is -0.375. The highest BCUT2D eigenvalue weighted by atomic mass is 16.5. The van der Waals surface area contributed by atoms with Gasteiger partial charge in [-0.05, 0) is 17.4 Å². The van der Waals surface area contributed by atoms with Crippen molar-refractivity contribution in [2.45, 2.75) is 33.2 Å². The van der Waals surface area contributed by atoms with E-state index in [4.69, 9.17) is 0 Å². The van der Waals surface area contributed by atoms with Crippen LogP contribution in [0.5, 0.6) is 0 Å². The lowest BCUT2D eigenvalue weighted by molar-refractivity contribution is -0.141. The van der Waals surface area contributed by atoms with E-state index in [0.717, 1.165) is 4.57 Å². The Labute approximate surface area is 143 Å². The van der Waals surface area contributed by atoms with E-state index in [-0.39, 0.29) is 22.2 Å². The quantitative estimate of drug-likeness (QED) is 0.732. The number of nitrogens with zero attached hydrogens (tertiary/aromatic N) is 3. The smallest absolute Gasteiger partial charge is 0.332 e. The summed E-state index contributed by atoms with van der Waals surface area (Å²) in [4.78, 5) is 53.5. The molecule has 0 bridgehead atoms. The number of ketones is 1. The molecule has 8 nitrogen and oxygen atoms in total. The highest BCUT2D eigenvalue weighted by Gasteiger charge is 2.34. The summed E-state index contributed by atoms with van der Waals surface area (Å²) >= 11 is 0. The topological polar surface area (TPSA) is 100 Å². The molecule has 2 aromatic heterocycles. The van der Waals surface area contributed by atoms with Crippen LogP contribution in [0, 0.1) is 5.41 Å². The first kappa shape index (κ1) is 17.1. The summed E-state index contributed by atoms with van der Waals surface area (Å²) in [6, 6.07) is 0. The molecular weight excluding hydrogens is 326 g/mol. The van der Waals surface area contributed by atoms with Gasteiger partial charge in [-0.15, -0.1) is 0 Å². The van der Waals surface area contributed by atoms with Gasteiger partial charge in [0.15, 0.2) is 5.78 Å². The number of hydrogen-bond donors (Lipinski definition) is 0. The number of carbonyl (C=O) groups excluding carboxylic acids is 2. The second kappa shape index (κ2) is 5.65. The van der Waals surface area contributed by atoms with Gasteiger partial charge in [-0.25, -0.2) is 14.3 Å². The molecule has 132 valence electrons. The second-order valence-electron chi connectivity index (χ2n) is 7.10. The molecule has 3 rings (SSSR count). The maximum Gasteiger partial charge on any atom is 0.332 e. The normalized spacial score (nSPS) is 15.9. The third-order valence-corrected chi connectivity index (χ3v) is 4.57. The lowest BCUT2D eigenvalue weighted by Crippen LogP contribution is -2.42. The summed E-state index contributed by atoms with van der Waals surface area (Å²) in [5, 5.41) is 0.213. The molecule has 0 radical (unpaired) electrons. The number of hydrogen-bond acceptors (Lipinski definition) is 6. The van der Waals surface area contributed by atoms with Crippen LogP contribution in [0.1, 0.15) is 36.2 Å². The average Bonchev–Trinajstić information content (AvgIpc) is 2.54. The highest BCUT2D eigenvalue weighted by molar-refractivity contribution is 6.02. The molecule has 0 aliphatic heterocycles. The van der Waals surface area contributed by atoms with Crippen LogP contribution in [0.25, 0.3) is 11.0 Å². The molecule has 8 heteroatoms. The molecule has 2 aromatic rings. The molecule has 0 amide bonds. The number of aryl methyl sites for hydroxylation is 1. The van der Waals surface area contributed by atoms with Crippen LogP contribution in [0.2, 0.25) is 0 Å². The van der Waals surface area contributed by atoms with Gasteiger partial charge in [-0.3, -0.25) is 19.0 Å². The van der Waals surface area contributed by atoms with Gasteiger partial charge < -0.3 is 4.74 Å². The first-order valence-electron chi connectivity index (χ1n) is 7.87. The summed E-state index contributed by atoms with van der Waals surface area (Å²) in [6.45, 7) is 3.42. The maximum atomic E-state index is 12.9. The molecule has 25 heavy (non-hydrogen) atoms. The SMILES string of the molecule is COC(=O)Cn1c(=O)c2c3c(cnc2n(C)c1=O)C(=O)CC(C)(C)C3. The van der Waals surface area contributed by atoms with Gasteiger partial charge >= 0.3 is 11.7 Å². The van der Waals surface area contributed by atoms with Gasteiger partial charge in [0.2, 0.25) is 0 Å². The van der Waals surface area contributed by atoms with Crippen molar-refractivity contribution in [3.63, 3.8) is 0 Å². The fourth-order valence-corrected chi connectivity index (χ4v) is 3.34. The van der Waals surface area contributed by atoms with Crippen LogP contribution in [0.3, 0.4) is 0 Å².